The topological polar surface area (TPSA) is 107 Å². The number of nitrogens with zero attached hydrogens (tertiary/aromatic N) is 2. The van der Waals surface area contributed by atoms with Gasteiger partial charge in [-0.05, 0) is 41.4 Å². The first-order valence-electron chi connectivity index (χ1n) is 12.2. The van der Waals surface area contributed by atoms with E-state index in [-0.39, 0.29) is 28.8 Å². The molecule has 0 saturated heterocycles. The van der Waals surface area contributed by atoms with Gasteiger partial charge in [-0.1, -0.05) is 52.8 Å². The second-order valence-electron chi connectivity index (χ2n) is 9.79. The van der Waals surface area contributed by atoms with E-state index in [1.165, 1.54) is 24.5 Å². The third kappa shape index (κ3) is 4.74. The molecule has 0 fully saturated rings. The Balaban J connectivity index is 0.00000141. The molecule has 3 heterocycles. The molecule has 0 spiro atoms. The van der Waals surface area contributed by atoms with Crippen molar-refractivity contribution in [2.24, 2.45) is 5.41 Å². The molecule has 8 heteroatoms. The van der Waals surface area contributed by atoms with Gasteiger partial charge in [0.25, 0.3) is 0 Å². The molecule has 186 valence electrons. The Labute approximate surface area is 205 Å². The highest BCUT2D eigenvalue weighted by Gasteiger charge is 2.38. The van der Waals surface area contributed by atoms with Gasteiger partial charge in [-0.2, -0.15) is 0 Å². The van der Waals surface area contributed by atoms with Crippen LogP contribution in [0.3, 0.4) is 0 Å². The number of ether oxygens (including phenoxy) is 1. The lowest BCUT2D eigenvalue weighted by Crippen LogP contribution is -2.37. The van der Waals surface area contributed by atoms with Crippen LogP contribution in [0.5, 0.6) is 0 Å². The zero-order chi connectivity index (χ0) is 25.3. The maximum absolute atomic E-state index is 12.8. The van der Waals surface area contributed by atoms with Gasteiger partial charge in [0.15, 0.2) is 11.4 Å². The number of hydrogen-bond acceptors (Lipinski definition) is 7. The standard InChI is InChI=1S/C25H27N3O5.C2H6/c1-25(2,3)21-23-28-19(22-26-17(12-32-22)24(30)31-4)20(33-23)15-9-8-14-7-5-13(11-16(14)15)6-10-18(29)27-21;1-2/h5,7,11-12,15,21H,6,8-10H2,1-4H3,(H,27,29);1-2H3/t15-,21+;/m0./s1. The van der Waals surface area contributed by atoms with Crippen LogP contribution in [0.1, 0.15) is 98.2 Å². The maximum Gasteiger partial charge on any atom is 0.360 e. The van der Waals surface area contributed by atoms with Crippen LogP contribution in [-0.2, 0) is 22.4 Å². The molecule has 35 heavy (non-hydrogen) atoms. The molecule has 4 bridgehead atoms. The zero-order valence-corrected chi connectivity index (χ0v) is 21.2. The number of oxazole rings is 2. The van der Waals surface area contributed by atoms with Gasteiger partial charge in [-0.25, -0.2) is 14.8 Å². The minimum absolute atomic E-state index is 0.0135. The van der Waals surface area contributed by atoms with Crippen molar-refractivity contribution in [3.8, 4) is 11.6 Å². The number of nitrogens with one attached hydrogen (secondary N) is 1. The number of rotatable bonds is 2. The summed E-state index contributed by atoms with van der Waals surface area (Å²) in [5, 5.41) is 3.11. The summed E-state index contributed by atoms with van der Waals surface area (Å²) in [6.07, 6.45) is 4.12. The molecule has 1 amide bonds. The van der Waals surface area contributed by atoms with Crippen LogP contribution in [0.2, 0.25) is 0 Å². The van der Waals surface area contributed by atoms with Gasteiger partial charge in [0, 0.05) is 12.3 Å². The third-order valence-corrected chi connectivity index (χ3v) is 6.43. The molecule has 2 aliphatic rings. The van der Waals surface area contributed by atoms with Gasteiger partial charge >= 0.3 is 5.97 Å². The molecule has 1 aromatic carbocycles. The van der Waals surface area contributed by atoms with Crippen LogP contribution in [-0.4, -0.2) is 29.0 Å². The number of methoxy groups -OCH3 is 1. The summed E-state index contributed by atoms with van der Waals surface area (Å²) in [4.78, 5) is 33.8. The van der Waals surface area contributed by atoms with E-state index in [0.29, 0.717) is 30.2 Å². The summed E-state index contributed by atoms with van der Waals surface area (Å²) in [5.41, 5.74) is 3.74. The molecule has 5 rings (SSSR count). The SMILES string of the molecule is CC.COC(=O)c1coc(-c2nc3oc2[C@H]2CCc4ccc(cc42)CCC(=O)N[C@H]3C(C)(C)C)n1. The van der Waals surface area contributed by atoms with Crippen LogP contribution in [0.25, 0.3) is 11.6 Å². The average Bonchev–Trinajstić information content (AvgIpc) is 3.58. The van der Waals surface area contributed by atoms with Crippen molar-refractivity contribution < 1.29 is 23.2 Å². The van der Waals surface area contributed by atoms with Crippen LogP contribution in [0.4, 0.5) is 0 Å². The Morgan fingerprint density at radius 1 is 1.14 bits per heavy atom. The summed E-state index contributed by atoms with van der Waals surface area (Å²) in [6.45, 7) is 10.1. The number of aryl methyl sites for hydroxylation is 2. The quantitative estimate of drug-likeness (QED) is 0.492. The van der Waals surface area contributed by atoms with E-state index in [2.05, 4.69) is 28.5 Å². The molecular weight excluding hydrogens is 446 g/mol. The van der Waals surface area contributed by atoms with Gasteiger partial charge in [0.1, 0.15) is 18.1 Å². The molecule has 0 radical (unpaired) electrons. The molecule has 3 aromatic rings. The smallest absolute Gasteiger partial charge is 0.360 e. The highest BCUT2D eigenvalue weighted by atomic mass is 16.5. The van der Waals surface area contributed by atoms with Crippen molar-refractivity contribution in [1.29, 1.82) is 0 Å². The van der Waals surface area contributed by atoms with Crippen LogP contribution < -0.4 is 5.32 Å². The molecule has 1 N–H and O–H groups in total. The highest BCUT2D eigenvalue weighted by Crippen LogP contribution is 2.45. The summed E-state index contributed by atoms with van der Waals surface area (Å²) in [5.74, 6) is 0.584. The second kappa shape index (κ2) is 9.68. The number of fused-ring (bicyclic) bond motifs is 4. The summed E-state index contributed by atoms with van der Waals surface area (Å²) < 4.78 is 16.8. The van der Waals surface area contributed by atoms with E-state index in [1.54, 1.807) is 0 Å². The number of carbonyl (C=O) groups is 2. The lowest BCUT2D eigenvalue weighted by molar-refractivity contribution is -0.122. The fourth-order valence-corrected chi connectivity index (χ4v) is 4.66. The lowest BCUT2D eigenvalue weighted by Gasteiger charge is -2.29. The number of aromatic nitrogens is 2. The number of hydrogen-bond donors (Lipinski definition) is 1. The van der Waals surface area contributed by atoms with Crippen LogP contribution >= 0.6 is 0 Å². The van der Waals surface area contributed by atoms with Gasteiger partial charge in [0.05, 0.1) is 7.11 Å². The fraction of sp³-hybridized carbons (Fsp3) is 0.481. The Bertz CT molecular complexity index is 1230. The van der Waals surface area contributed by atoms with Crippen molar-refractivity contribution in [2.45, 2.75) is 72.3 Å². The first-order valence-corrected chi connectivity index (χ1v) is 12.2. The number of amides is 1. The monoisotopic (exact) mass is 479 g/mol. The van der Waals surface area contributed by atoms with Gasteiger partial charge in [-0.15, -0.1) is 0 Å². The normalized spacial score (nSPS) is 19.1. The number of esters is 1. The lowest BCUT2D eigenvalue weighted by atomic mass is 9.86. The Morgan fingerprint density at radius 2 is 1.91 bits per heavy atom. The van der Waals surface area contributed by atoms with Crippen LogP contribution in [0, 0.1) is 5.41 Å². The Hall–Kier alpha value is -3.42. The predicted octanol–water partition coefficient (Wildman–Crippen LogP) is 5.37. The molecular formula is C27H33N3O5. The van der Waals surface area contributed by atoms with Crippen molar-refractivity contribution in [3.05, 3.63) is 58.5 Å². The molecule has 2 atom stereocenters. The van der Waals surface area contributed by atoms with E-state index in [1.807, 2.05) is 34.6 Å². The first kappa shape index (κ1) is 24.7. The predicted molar refractivity (Wildman–Crippen MR) is 130 cm³/mol. The molecule has 2 aromatic heterocycles. The summed E-state index contributed by atoms with van der Waals surface area (Å²) in [7, 11) is 1.29. The minimum Gasteiger partial charge on any atom is -0.464 e. The first-order chi connectivity index (χ1) is 16.7. The Kier molecular flexibility index (Phi) is 6.83. The van der Waals surface area contributed by atoms with Crippen molar-refractivity contribution >= 4 is 11.9 Å². The van der Waals surface area contributed by atoms with Gasteiger partial charge < -0.3 is 18.9 Å². The van der Waals surface area contributed by atoms with Crippen molar-refractivity contribution in [2.75, 3.05) is 7.11 Å². The van der Waals surface area contributed by atoms with Crippen LogP contribution in [0.15, 0.2) is 33.3 Å². The molecule has 0 saturated carbocycles. The van der Waals surface area contributed by atoms with Gasteiger partial charge in [-0.3, -0.25) is 4.79 Å². The molecule has 8 nitrogen and oxygen atoms in total. The molecule has 1 aliphatic heterocycles. The molecule has 0 unspecified atom stereocenters. The average molecular weight is 480 g/mol. The van der Waals surface area contributed by atoms with E-state index >= 15 is 0 Å². The summed E-state index contributed by atoms with van der Waals surface area (Å²) in [6, 6.07) is 5.98. The third-order valence-electron chi connectivity index (χ3n) is 6.43. The van der Waals surface area contributed by atoms with E-state index in [9.17, 15) is 9.59 Å². The van der Waals surface area contributed by atoms with Crippen molar-refractivity contribution in [1.82, 2.24) is 15.3 Å². The maximum atomic E-state index is 12.8. The fourth-order valence-electron chi connectivity index (χ4n) is 4.66. The van der Waals surface area contributed by atoms with Gasteiger partial charge in [0.2, 0.25) is 17.7 Å². The Morgan fingerprint density at radius 3 is 2.63 bits per heavy atom. The van der Waals surface area contributed by atoms with E-state index < -0.39 is 12.0 Å². The minimum atomic E-state index is -0.586. The van der Waals surface area contributed by atoms with E-state index in [4.69, 9.17) is 18.6 Å². The summed E-state index contributed by atoms with van der Waals surface area (Å²) >= 11 is 0. The highest BCUT2D eigenvalue weighted by molar-refractivity contribution is 5.87. The molecule has 1 aliphatic carbocycles. The van der Waals surface area contributed by atoms with Crippen molar-refractivity contribution in [3.63, 3.8) is 0 Å². The second-order valence-corrected chi connectivity index (χ2v) is 9.79. The zero-order valence-electron chi connectivity index (χ0n) is 21.2. The van der Waals surface area contributed by atoms with E-state index in [0.717, 1.165) is 18.4 Å². The largest absolute Gasteiger partial charge is 0.464 e. The number of carbonyl (C=O) groups excluding carboxylic acids is 2. The number of benzene rings is 1.